The summed E-state index contributed by atoms with van der Waals surface area (Å²) in [6.45, 7) is 6.59. The Kier molecular flexibility index (Phi) is 8.18. The van der Waals surface area contributed by atoms with E-state index in [0.29, 0.717) is 0 Å². The van der Waals surface area contributed by atoms with Gasteiger partial charge in [0.1, 0.15) is 0 Å². The quantitative estimate of drug-likeness (QED) is 0.700. The minimum absolute atomic E-state index is 0.928. The fourth-order valence-electron chi connectivity index (χ4n) is 1.84. The maximum absolute atomic E-state index is 2.22. The number of benzene rings is 2. The Morgan fingerprint density at radius 2 is 1.42 bits per heavy atom. The first-order valence-electron chi connectivity index (χ1n) is 7.10. The van der Waals surface area contributed by atoms with Gasteiger partial charge in [0.15, 0.2) is 0 Å². The number of hydrogen-bond acceptors (Lipinski definition) is 0. The average molecular weight is 272 g/mol. The van der Waals surface area contributed by atoms with Gasteiger partial charge in [0.25, 0.3) is 0 Å². The Morgan fingerprint density at radius 3 is 1.89 bits per heavy atom. The highest BCUT2D eigenvalue weighted by Crippen LogP contribution is 2.05. The third-order valence-corrected chi connectivity index (χ3v) is 3.94. The molecule has 0 aromatic heterocycles. The molecule has 0 fully saturated rings. The van der Waals surface area contributed by atoms with Gasteiger partial charge in [0, 0.05) is 0 Å². The van der Waals surface area contributed by atoms with Gasteiger partial charge in [-0.3, -0.25) is 0 Å². The molecular weight excluding hydrogens is 247 g/mol. The van der Waals surface area contributed by atoms with Crippen molar-refractivity contribution in [2.75, 3.05) is 6.66 Å². The van der Waals surface area contributed by atoms with Gasteiger partial charge in [-0.1, -0.05) is 83.4 Å². The van der Waals surface area contributed by atoms with E-state index < -0.39 is 0 Å². The Hall–Kier alpha value is -1.13. The van der Waals surface area contributed by atoms with Gasteiger partial charge >= 0.3 is 0 Å². The molecule has 102 valence electrons. The second-order valence-corrected chi connectivity index (χ2v) is 5.61. The maximum atomic E-state index is 2.22. The van der Waals surface area contributed by atoms with E-state index in [9.17, 15) is 0 Å². The third-order valence-electron chi connectivity index (χ3n) is 3.03. The molecule has 0 amide bonds. The Labute approximate surface area is 120 Å². The van der Waals surface area contributed by atoms with Crippen LogP contribution < -0.4 is 5.30 Å². The molecule has 0 saturated carbocycles. The summed E-state index contributed by atoms with van der Waals surface area (Å²) < 4.78 is 0. The van der Waals surface area contributed by atoms with E-state index >= 15 is 0 Å². The molecule has 2 aromatic rings. The van der Waals surface area contributed by atoms with Crippen LogP contribution in [0.3, 0.4) is 0 Å². The van der Waals surface area contributed by atoms with E-state index in [1.807, 2.05) is 0 Å². The Bertz CT molecular complexity index is 408. The zero-order valence-corrected chi connectivity index (χ0v) is 13.3. The molecule has 0 nitrogen and oxygen atoms in total. The first-order chi connectivity index (χ1) is 9.30. The van der Waals surface area contributed by atoms with Crippen molar-refractivity contribution in [2.45, 2.75) is 33.1 Å². The van der Waals surface area contributed by atoms with Gasteiger partial charge in [-0.25, -0.2) is 0 Å². The summed E-state index contributed by atoms with van der Waals surface area (Å²) in [5, 5.41) is 1.46. The molecule has 0 spiro atoms. The highest BCUT2D eigenvalue weighted by Gasteiger charge is 1.88. The van der Waals surface area contributed by atoms with E-state index in [4.69, 9.17) is 0 Å². The minimum Gasteiger partial charge on any atom is -0.0936 e. The smallest absolute Gasteiger partial charge is 0.0274 e. The summed E-state index contributed by atoms with van der Waals surface area (Å²) in [5.41, 5.74) is 2.88. The predicted molar refractivity (Wildman–Crippen MR) is 90.1 cm³/mol. The van der Waals surface area contributed by atoms with Crippen LogP contribution in [-0.4, -0.2) is 6.66 Å². The van der Waals surface area contributed by atoms with Crippen molar-refractivity contribution in [1.82, 2.24) is 0 Å². The van der Waals surface area contributed by atoms with E-state index in [0.717, 1.165) is 15.0 Å². The molecule has 2 rings (SSSR count). The van der Waals surface area contributed by atoms with E-state index in [-0.39, 0.29) is 0 Å². The summed E-state index contributed by atoms with van der Waals surface area (Å²) in [4.78, 5) is 0. The molecule has 0 aliphatic heterocycles. The average Bonchev–Trinajstić information content (AvgIpc) is 2.49. The molecule has 0 heterocycles. The van der Waals surface area contributed by atoms with Crippen molar-refractivity contribution in [2.24, 2.45) is 0 Å². The fourth-order valence-corrected chi connectivity index (χ4v) is 2.34. The molecule has 1 atom stereocenters. The van der Waals surface area contributed by atoms with Gasteiger partial charge in [0.05, 0.1) is 0 Å². The van der Waals surface area contributed by atoms with Crippen molar-refractivity contribution in [3.63, 3.8) is 0 Å². The van der Waals surface area contributed by atoms with Crippen molar-refractivity contribution in [3.8, 4) is 0 Å². The van der Waals surface area contributed by atoms with E-state index in [2.05, 4.69) is 75.1 Å². The summed E-state index contributed by atoms with van der Waals surface area (Å²) in [7, 11) is 0.928. The number of aryl methyl sites for hydroxylation is 2. The van der Waals surface area contributed by atoms with Crippen LogP contribution in [0, 0.1) is 0 Å². The molecule has 0 bridgehead atoms. The van der Waals surface area contributed by atoms with Crippen LogP contribution in [0.4, 0.5) is 0 Å². The van der Waals surface area contributed by atoms with Crippen LogP contribution >= 0.6 is 8.58 Å². The normalized spacial score (nSPS) is 10.3. The highest BCUT2D eigenvalue weighted by molar-refractivity contribution is 7.46. The molecule has 2 aromatic carbocycles. The van der Waals surface area contributed by atoms with Crippen LogP contribution in [-0.2, 0) is 12.8 Å². The van der Waals surface area contributed by atoms with Crippen LogP contribution in [0.5, 0.6) is 0 Å². The van der Waals surface area contributed by atoms with Crippen LogP contribution in [0.25, 0.3) is 0 Å². The molecule has 19 heavy (non-hydrogen) atoms. The molecule has 0 aliphatic carbocycles. The molecule has 1 unspecified atom stereocenters. The molecule has 0 aliphatic rings. The molecular formula is C18H25P. The zero-order chi connectivity index (χ0) is 13.9. The van der Waals surface area contributed by atoms with Gasteiger partial charge in [-0.2, -0.15) is 0 Å². The fraction of sp³-hybridized carbons (Fsp3) is 0.333. The van der Waals surface area contributed by atoms with Crippen molar-refractivity contribution in [1.29, 1.82) is 0 Å². The number of hydrogen-bond donors (Lipinski definition) is 0. The third kappa shape index (κ3) is 6.55. The summed E-state index contributed by atoms with van der Waals surface area (Å²) in [5.74, 6) is 0. The largest absolute Gasteiger partial charge is 0.0936 e. The van der Waals surface area contributed by atoms with Gasteiger partial charge < -0.3 is 0 Å². The van der Waals surface area contributed by atoms with Crippen LogP contribution in [0.1, 0.15) is 31.4 Å². The first kappa shape index (κ1) is 15.9. The van der Waals surface area contributed by atoms with E-state index in [1.54, 1.807) is 0 Å². The molecule has 1 heteroatoms. The van der Waals surface area contributed by atoms with Crippen molar-refractivity contribution < 1.29 is 0 Å². The standard InChI is InChI=1S/C9H13P.C9H12/c1-3-8-4-6-9(10-2)7-5-8;1-2-6-9-7-4-3-5-8-9/h4-7,10H,3H2,1-2H3;3-5,7-8H,2,6H2,1H3. The Balaban J connectivity index is 0.000000191. The lowest BCUT2D eigenvalue weighted by Gasteiger charge is -1.97. The second kappa shape index (κ2) is 9.75. The maximum Gasteiger partial charge on any atom is -0.0274 e. The predicted octanol–water partition coefficient (Wildman–Crippen LogP) is 4.82. The van der Waals surface area contributed by atoms with Crippen molar-refractivity contribution >= 4 is 13.9 Å². The van der Waals surface area contributed by atoms with Crippen LogP contribution in [0.2, 0.25) is 0 Å². The van der Waals surface area contributed by atoms with Crippen molar-refractivity contribution in [3.05, 3.63) is 65.7 Å². The minimum atomic E-state index is 0.928. The summed E-state index contributed by atoms with van der Waals surface area (Å²) >= 11 is 0. The first-order valence-corrected chi connectivity index (χ1v) is 8.60. The lowest BCUT2D eigenvalue weighted by atomic mass is 10.1. The monoisotopic (exact) mass is 272 g/mol. The van der Waals surface area contributed by atoms with Gasteiger partial charge in [0.2, 0.25) is 0 Å². The van der Waals surface area contributed by atoms with Crippen LogP contribution in [0.15, 0.2) is 54.6 Å². The summed E-state index contributed by atoms with van der Waals surface area (Å²) in [6.07, 6.45) is 3.60. The lowest BCUT2D eigenvalue weighted by Crippen LogP contribution is -1.92. The molecule has 0 N–H and O–H groups in total. The van der Waals surface area contributed by atoms with E-state index in [1.165, 1.54) is 29.3 Å². The Morgan fingerprint density at radius 1 is 0.789 bits per heavy atom. The molecule has 0 radical (unpaired) electrons. The van der Waals surface area contributed by atoms with Gasteiger partial charge in [-0.15, -0.1) is 0 Å². The number of rotatable bonds is 4. The topological polar surface area (TPSA) is 0 Å². The van der Waals surface area contributed by atoms with Gasteiger partial charge in [-0.05, 0) is 35.9 Å². The second-order valence-electron chi connectivity index (χ2n) is 4.54. The highest BCUT2D eigenvalue weighted by atomic mass is 31.1. The molecule has 0 saturated heterocycles. The lowest BCUT2D eigenvalue weighted by molar-refractivity contribution is 0.922. The SMILES string of the molecule is CCCc1ccccc1.CCc1ccc(PC)cc1. The zero-order valence-electron chi connectivity index (χ0n) is 12.3. The summed E-state index contributed by atoms with van der Waals surface area (Å²) in [6, 6.07) is 19.4.